The third kappa shape index (κ3) is 7.51. The molecule has 0 spiro atoms. The average Bonchev–Trinajstić information content (AvgIpc) is 2.64. The highest BCUT2D eigenvalue weighted by Gasteiger charge is 2.31. The maximum atomic E-state index is 13.0. The Hall–Kier alpha value is -1.58. The van der Waals surface area contributed by atoms with Crippen molar-refractivity contribution in [3.63, 3.8) is 0 Å². The van der Waals surface area contributed by atoms with Crippen LogP contribution in [-0.2, 0) is 10.9 Å². The van der Waals surface area contributed by atoms with Crippen molar-refractivity contribution < 1.29 is 27.5 Å². The number of hydrogen-bond acceptors (Lipinski definition) is 3. The molecule has 0 amide bonds. The third-order valence-electron chi connectivity index (χ3n) is 4.21. The standard InChI is InChI=1S/C18H26F3N3O2S/c1-2-10-26-16-5-4-14(18(19,20)21)13-15(16)23-17(27)22-6-3-7-24-8-11-25-12-9-24/h4-5,13H,2-3,6-12H2,1H3,(H2,22,23,27)/p+1. The normalized spacial score (nSPS) is 15.4. The monoisotopic (exact) mass is 406 g/mol. The van der Waals surface area contributed by atoms with Crippen molar-refractivity contribution in [2.75, 3.05) is 51.3 Å². The summed E-state index contributed by atoms with van der Waals surface area (Å²) in [4.78, 5) is 1.50. The second-order valence-corrected chi connectivity index (χ2v) is 6.81. The van der Waals surface area contributed by atoms with E-state index in [1.807, 2.05) is 6.92 Å². The molecule has 1 aliphatic heterocycles. The molecular weight excluding hydrogens is 379 g/mol. The maximum absolute atomic E-state index is 13.0. The van der Waals surface area contributed by atoms with Crippen LogP contribution < -0.4 is 20.3 Å². The fourth-order valence-corrected chi connectivity index (χ4v) is 2.97. The van der Waals surface area contributed by atoms with Gasteiger partial charge in [0.25, 0.3) is 0 Å². The molecule has 9 heteroatoms. The smallest absolute Gasteiger partial charge is 0.416 e. The van der Waals surface area contributed by atoms with Gasteiger partial charge >= 0.3 is 6.18 Å². The predicted octanol–water partition coefficient (Wildman–Crippen LogP) is 2.09. The molecule has 1 aliphatic rings. The lowest BCUT2D eigenvalue weighted by atomic mass is 10.2. The topological polar surface area (TPSA) is 47.0 Å². The van der Waals surface area contributed by atoms with Gasteiger partial charge in [-0.25, -0.2) is 0 Å². The van der Waals surface area contributed by atoms with Crippen LogP contribution >= 0.6 is 12.2 Å². The van der Waals surface area contributed by atoms with Gasteiger partial charge in [-0.15, -0.1) is 0 Å². The van der Waals surface area contributed by atoms with Crippen molar-refractivity contribution in [3.05, 3.63) is 23.8 Å². The summed E-state index contributed by atoms with van der Waals surface area (Å²) in [5, 5.41) is 6.17. The number of nitrogens with one attached hydrogen (secondary N) is 3. The Morgan fingerprint density at radius 1 is 1.30 bits per heavy atom. The Labute approximate surface area is 163 Å². The number of alkyl halides is 3. The molecule has 0 saturated carbocycles. The van der Waals surface area contributed by atoms with Crippen LogP contribution in [0.1, 0.15) is 25.3 Å². The second-order valence-electron chi connectivity index (χ2n) is 6.40. The number of thiocarbonyl (C=S) groups is 1. The van der Waals surface area contributed by atoms with E-state index in [1.165, 1.54) is 11.0 Å². The number of rotatable bonds is 8. The summed E-state index contributed by atoms with van der Waals surface area (Å²) in [6.45, 7) is 7.60. The lowest BCUT2D eigenvalue weighted by Crippen LogP contribution is -3.14. The van der Waals surface area contributed by atoms with E-state index < -0.39 is 11.7 Å². The molecule has 2 rings (SSSR count). The SMILES string of the molecule is CCCOc1ccc(C(F)(F)F)cc1NC(=S)NCCC[NH+]1CCOCC1. The zero-order chi connectivity index (χ0) is 19.7. The van der Waals surface area contributed by atoms with Crippen molar-refractivity contribution in [1.29, 1.82) is 0 Å². The van der Waals surface area contributed by atoms with Crippen LogP contribution in [0.4, 0.5) is 18.9 Å². The first kappa shape index (κ1) is 21.7. The van der Waals surface area contributed by atoms with Crippen molar-refractivity contribution in [3.8, 4) is 5.75 Å². The largest absolute Gasteiger partial charge is 0.491 e. The van der Waals surface area contributed by atoms with E-state index in [1.54, 1.807) is 0 Å². The summed E-state index contributed by atoms with van der Waals surface area (Å²) in [7, 11) is 0. The van der Waals surface area contributed by atoms with Crippen molar-refractivity contribution in [1.82, 2.24) is 5.32 Å². The average molecular weight is 406 g/mol. The van der Waals surface area contributed by atoms with Gasteiger partial charge in [-0.1, -0.05) is 6.92 Å². The van der Waals surface area contributed by atoms with Gasteiger partial charge in [-0.05, 0) is 36.8 Å². The van der Waals surface area contributed by atoms with Gasteiger partial charge in [0.1, 0.15) is 18.8 Å². The van der Waals surface area contributed by atoms with E-state index in [4.69, 9.17) is 21.7 Å². The zero-order valence-electron chi connectivity index (χ0n) is 15.5. The highest BCUT2D eigenvalue weighted by atomic mass is 32.1. The van der Waals surface area contributed by atoms with Crippen molar-refractivity contribution in [2.24, 2.45) is 0 Å². The van der Waals surface area contributed by atoms with Gasteiger partial charge in [0, 0.05) is 13.0 Å². The minimum Gasteiger partial charge on any atom is -0.491 e. The molecule has 27 heavy (non-hydrogen) atoms. The van der Waals surface area contributed by atoms with E-state index >= 15 is 0 Å². The fraction of sp³-hybridized carbons (Fsp3) is 0.611. The predicted molar refractivity (Wildman–Crippen MR) is 102 cm³/mol. The minimum atomic E-state index is -4.42. The summed E-state index contributed by atoms with van der Waals surface area (Å²) in [6, 6.07) is 3.36. The molecular formula is C18H27F3N3O2S+. The van der Waals surface area contributed by atoms with Crippen LogP contribution in [0.2, 0.25) is 0 Å². The van der Waals surface area contributed by atoms with E-state index in [9.17, 15) is 13.2 Å². The Morgan fingerprint density at radius 3 is 2.70 bits per heavy atom. The molecule has 1 saturated heterocycles. The Balaban J connectivity index is 1.87. The molecule has 0 aliphatic carbocycles. The van der Waals surface area contributed by atoms with Crippen molar-refractivity contribution in [2.45, 2.75) is 25.9 Å². The Bertz CT molecular complexity index is 608. The number of morpholine rings is 1. The summed E-state index contributed by atoms with van der Waals surface area (Å²) >= 11 is 5.23. The van der Waals surface area contributed by atoms with Crippen LogP contribution in [0.15, 0.2) is 18.2 Å². The van der Waals surface area contributed by atoms with Gasteiger partial charge < -0.3 is 25.0 Å². The molecule has 1 heterocycles. The molecule has 3 N–H and O–H groups in total. The Kier molecular flexibility index (Phi) is 8.59. The molecule has 5 nitrogen and oxygen atoms in total. The number of ether oxygens (including phenoxy) is 2. The van der Waals surface area contributed by atoms with E-state index in [0.717, 1.165) is 57.8 Å². The van der Waals surface area contributed by atoms with Crippen LogP contribution in [-0.4, -0.2) is 51.1 Å². The molecule has 0 bridgehead atoms. The highest BCUT2D eigenvalue weighted by Crippen LogP contribution is 2.35. The first-order valence-corrected chi connectivity index (χ1v) is 9.61. The maximum Gasteiger partial charge on any atom is 0.416 e. The van der Waals surface area contributed by atoms with Gasteiger partial charge in [-0.3, -0.25) is 0 Å². The van der Waals surface area contributed by atoms with Crippen LogP contribution in [0.25, 0.3) is 0 Å². The van der Waals surface area contributed by atoms with Gasteiger partial charge in [-0.2, -0.15) is 13.2 Å². The quantitative estimate of drug-likeness (QED) is 0.456. The lowest BCUT2D eigenvalue weighted by Gasteiger charge is -2.23. The summed E-state index contributed by atoms with van der Waals surface area (Å²) in [5.41, 5.74) is -0.526. The number of anilines is 1. The third-order valence-corrected chi connectivity index (χ3v) is 4.46. The molecule has 1 aromatic carbocycles. The van der Waals surface area contributed by atoms with E-state index in [2.05, 4.69) is 10.6 Å². The summed E-state index contributed by atoms with van der Waals surface area (Å²) < 4.78 is 49.8. The first-order chi connectivity index (χ1) is 12.9. The van der Waals surface area contributed by atoms with Crippen LogP contribution in [0, 0.1) is 0 Å². The molecule has 152 valence electrons. The molecule has 0 unspecified atom stereocenters. The molecule has 0 atom stereocenters. The number of benzene rings is 1. The highest BCUT2D eigenvalue weighted by molar-refractivity contribution is 7.80. The number of halogens is 3. The first-order valence-electron chi connectivity index (χ1n) is 9.20. The molecule has 0 aromatic heterocycles. The molecule has 1 fully saturated rings. The number of hydrogen-bond donors (Lipinski definition) is 3. The minimum absolute atomic E-state index is 0.217. The van der Waals surface area contributed by atoms with Crippen LogP contribution in [0.5, 0.6) is 5.75 Å². The summed E-state index contributed by atoms with van der Waals surface area (Å²) in [6.07, 6.45) is -2.75. The van der Waals surface area contributed by atoms with Crippen LogP contribution in [0.3, 0.4) is 0 Å². The Morgan fingerprint density at radius 2 is 2.04 bits per heavy atom. The van der Waals surface area contributed by atoms with Gasteiger partial charge in [0.2, 0.25) is 0 Å². The fourth-order valence-electron chi connectivity index (χ4n) is 2.76. The molecule has 0 radical (unpaired) electrons. The zero-order valence-corrected chi connectivity index (χ0v) is 16.3. The summed E-state index contributed by atoms with van der Waals surface area (Å²) in [5.74, 6) is 0.353. The lowest BCUT2D eigenvalue weighted by molar-refractivity contribution is -0.908. The molecule has 1 aromatic rings. The second kappa shape index (κ2) is 10.7. The van der Waals surface area contributed by atoms with Gasteiger partial charge in [0.15, 0.2) is 5.11 Å². The van der Waals surface area contributed by atoms with E-state index in [0.29, 0.717) is 18.9 Å². The van der Waals surface area contributed by atoms with Gasteiger partial charge in [0.05, 0.1) is 37.6 Å². The number of quaternary nitrogens is 1. The van der Waals surface area contributed by atoms with E-state index in [-0.39, 0.29) is 10.8 Å². The van der Waals surface area contributed by atoms with Crippen molar-refractivity contribution >= 4 is 23.0 Å².